The summed E-state index contributed by atoms with van der Waals surface area (Å²) in [6.45, 7) is 0.0626. The molecule has 2 aromatic carbocycles. The number of urea groups is 1. The Morgan fingerprint density at radius 1 is 1.11 bits per heavy atom. The van der Waals surface area contributed by atoms with E-state index >= 15 is 0 Å². The van der Waals surface area contributed by atoms with E-state index in [0.29, 0.717) is 0 Å². The van der Waals surface area contributed by atoms with Crippen LogP contribution in [-0.2, 0) is 5.54 Å². The predicted molar refractivity (Wildman–Crippen MR) is 114 cm³/mol. The molecule has 3 aromatic rings. The van der Waals surface area contributed by atoms with Crippen molar-refractivity contribution < 1.29 is 41.7 Å². The van der Waals surface area contributed by atoms with Crippen molar-refractivity contribution in [2.45, 2.75) is 18.3 Å². The van der Waals surface area contributed by atoms with Gasteiger partial charge in [-0.25, -0.2) is 14.0 Å². The summed E-state index contributed by atoms with van der Waals surface area (Å²) in [6.07, 6.45) is -3.63. The quantitative estimate of drug-likeness (QED) is 0.448. The van der Waals surface area contributed by atoms with Crippen molar-refractivity contribution in [3.05, 3.63) is 83.4 Å². The summed E-state index contributed by atoms with van der Waals surface area (Å²) in [5.74, 6) is -3.33. The number of carbonyl (C=O) groups is 2. The molecule has 0 unspecified atom stereocenters. The van der Waals surface area contributed by atoms with E-state index < -0.39 is 35.5 Å². The molecule has 1 aliphatic rings. The number of ether oxygens (including phenoxy) is 2. The Labute approximate surface area is 195 Å². The van der Waals surface area contributed by atoms with Crippen LogP contribution in [0.15, 0.2) is 60.8 Å². The van der Waals surface area contributed by atoms with Crippen LogP contribution in [0.1, 0.15) is 28.0 Å². The molecular weight excluding hydrogens is 474 g/mol. The Morgan fingerprint density at radius 2 is 1.89 bits per heavy atom. The number of anilines is 1. The minimum absolute atomic E-state index is 0.000981. The number of hydrogen-bond acceptors (Lipinski definition) is 5. The van der Waals surface area contributed by atoms with Gasteiger partial charge in [-0.15, -0.1) is 13.2 Å². The van der Waals surface area contributed by atoms with Crippen molar-refractivity contribution in [3.8, 4) is 11.5 Å². The largest absolute Gasteiger partial charge is 0.573 e. The summed E-state index contributed by atoms with van der Waals surface area (Å²) in [4.78, 5) is 28.8. The van der Waals surface area contributed by atoms with Crippen LogP contribution in [0.25, 0.3) is 0 Å². The molecule has 0 spiro atoms. The molecule has 8 nitrogen and oxygen atoms in total. The molecule has 0 saturated heterocycles. The fourth-order valence-corrected chi connectivity index (χ4v) is 3.83. The maximum Gasteiger partial charge on any atom is 0.573 e. The van der Waals surface area contributed by atoms with E-state index in [1.165, 1.54) is 36.5 Å². The fraction of sp³-hybridized carbons (Fsp3) is 0.174. The molecule has 0 fully saturated rings. The first-order valence-corrected chi connectivity index (χ1v) is 10.1. The zero-order valence-corrected chi connectivity index (χ0v) is 17.7. The average molecular weight is 491 g/mol. The van der Waals surface area contributed by atoms with E-state index in [1.807, 2.05) is 0 Å². The Balaban J connectivity index is 1.75. The van der Waals surface area contributed by atoms with E-state index in [9.17, 15) is 32.3 Å². The Bertz CT molecular complexity index is 1280. The number of aromatic carboxylic acids is 1. The van der Waals surface area contributed by atoms with Crippen LogP contribution in [-0.4, -0.2) is 35.1 Å². The first-order chi connectivity index (χ1) is 16.6. The number of halogens is 4. The molecule has 3 N–H and O–H groups in total. The van der Waals surface area contributed by atoms with Crippen LogP contribution in [0, 0.1) is 5.82 Å². The highest BCUT2D eigenvalue weighted by Crippen LogP contribution is 2.42. The number of carbonyl (C=O) groups excluding carboxylic acids is 1. The van der Waals surface area contributed by atoms with Gasteiger partial charge in [-0.3, -0.25) is 4.98 Å². The van der Waals surface area contributed by atoms with Crippen LogP contribution in [0.2, 0.25) is 0 Å². The average Bonchev–Trinajstić information content (AvgIpc) is 2.80. The first-order valence-electron chi connectivity index (χ1n) is 10.1. The smallest absolute Gasteiger partial charge is 0.491 e. The second-order valence-corrected chi connectivity index (χ2v) is 7.48. The molecule has 35 heavy (non-hydrogen) atoms. The van der Waals surface area contributed by atoms with Crippen molar-refractivity contribution in [1.82, 2.24) is 10.3 Å². The summed E-state index contributed by atoms with van der Waals surface area (Å²) in [5.41, 5.74) is -1.41. The lowest BCUT2D eigenvalue weighted by atomic mass is 9.81. The highest BCUT2D eigenvalue weighted by atomic mass is 19.4. The van der Waals surface area contributed by atoms with Gasteiger partial charge in [0.2, 0.25) is 0 Å². The van der Waals surface area contributed by atoms with E-state index in [1.54, 1.807) is 12.1 Å². The highest BCUT2D eigenvalue weighted by Gasteiger charge is 2.43. The third-order valence-electron chi connectivity index (χ3n) is 5.29. The lowest BCUT2D eigenvalue weighted by Crippen LogP contribution is -2.51. The number of alkyl halides is 3. The summed E-state index contributed by atoms with van der Waals surface area (Å²) in [7, 11) is 0. The molecule has 1 aliphatic heterocycles. The molecule has 0 radical (unpaired) electrons. The van der Waals surface area contributed by atoms with Crippen LogP contribution >= 0.6 is 0 Å². The van der Waals surface area contributed by atoms with E-state index in [0.717, 1.165) is 12.1 Å². The number of carboxylic acid groups (broad SMARTS) is 1. The number of fused-ring (bicyclic) bond motifs is 1. The van der Waals surface area contributed by atoms with Gasteiger partial charge in [-0.05, 0) is 42.0 Å². The van der Waals surface area contributed by atoms with Gasteiger partial charge >= 0.3 is 18.4 Å². The molecule has 0 saturated carbocycles. The second-order valence-electron chi connectivity index (χ2n) is 7.48. The second kappa shape index (κ2) is 9.12. The molecule has 1 aromatic heterocycles. The Kier molecular flexibility index (Phi) is 6.20. The van der Waals surface area contributed by atoms with Crippen molar-refractivity contribution in [2.75, 3.05) is 11.9 Å². The minimum atomic E-state index is -5.09. The third kappa shape index (κ3) is 4.95. The van der Waals surface area contributed by atoms with Gasteiger partial charge in [0.1, 0.15) is 17.0 Å². The molecule has 4 rings (SSSR count). The lowest BCUT2D eigenvalue weighted by molar-refractivity contribution is -0.275. The van der Waals surface area contributed by atoms with Crippen LogP contribution in [0.3, 0.4) is 0 Å². The van der Waals surface area contributed by atoms with Crippen LogP contribution in [0.5, 0.6) is 11.5 Å². The van der Waals surface area contributed by atoms with Gasteiger partial charge in [0.05, 0.1) is 17.9 Å². The molecule has 0 bridgehead atoms. The summed E-state index contributed by atoms with van der Waals surface area (Å²) >= 11 is 0. The summed E-state index contributed by atoms with van der Waals surface area (Å²) < 4.78 is 61.7. The number of amides is 2. The number of hydrogen-bond donors (Lipinski definition) is 3. The lowest BCUT2D eigenvalue weighted by Gasteiger charge is -2.39. The molecule has 1 atom stereocenters. The van der Waals surface area contributed by atoms with Gasteiger partial charge < -0.3 is 25.2 Å². The highest BCUT2D eigenvalue weighted by molar-refractivity contribution is 6.00. The first kappa shape index (κ1) is 23.8. The van der Waals surface area contributed by atoms with Gasteiger partial charge in [0.25, 0.3) is 0 Å². The number of nitrogens with one attached hydrogen (secondary N) is 2. The van der Waals surface area contributed by atoms with Gasteiger partial charge in [0, 0.05) is 12.6 Å². The van der Waals surface area contributed by atoms with Gasteiger partial charge in [-0.2, -0.15) is 0 Å². The number of para-hydroxylation sites is 1. The molecule has 182 valence electrons. The van der Waals surface area contributed by atoms with Crippen molar-refractivity contribution in [3.63, 3.8) is 0 Å². The molecular formula is C23H17F4N3O5. The zero-order valence-electron chi connectivity index (χ0n) is 17.7. The SMILES string of the molecule is O=C(Nc1ccccc1C(=O)O)N[C@]1(c2ccc(OC(F)(F)F)c(F)c2)CCOc2cccnc21. The molecule has 2 amide bonds. The van der Waals surface area contributed by atoms with Gasteiger partial charge in [0.15, 0.2) is 11.6 Å². The normalized spacial score (nSPS) is 17.0. The number of benzene rings is 2. The molecule has 0 aliphatic carbocycles. The zero-order chi connectivity index (χ0) is 25.2. The van der Waals surface area contributed by atoms with Crippen molar-refractivity contribution in [1.29, 1.82) is 0 Å². The third-order valence-corrected chi connectivity index (χ3v) is 5.29. The van der Waals surface area contributed by atoms with Crippen molar-refractivity contribution >= 4 is 17.7 Å². The number of carboxylic acids is 1. The summed E-state index contributed by atoms with van der Waals surface area (Å²) in [5, 5.41) is 14.5. The number of pyridine rings is 1. The molecule has 12 heteroatoms. The van der Waals surface area contributed by atoms with E-state index in [4.69, 9.17) is 4.74 Å². The van der Waals surface area contributed by atoms with Crippen LogP contribution < -0.4 is 20.1 Å². The number of nitrogens with zero attached hydrogens (tertiary/aromatic N) is 1. The van der Waals surface area contributed by atoms with Crippen LogP contribution in [0.4, 0.5) is 28.0 Å². The maximum absolute atomic E-state index is 14.6. The summed E-state index contributed by atoms with van der Waals surface area (Å²) in [6, 6.07) is 10.8. The monoisotopic (exact) mass is 491 g/mol. The van der Waals surface area contributed by atoms with Gasteiger partial charge in [-0.1, -0.05) is 18.2 Å². The Hall–Kier alpha value is -4.35. The Morgan fingerprint density at radius 3 is 2.60 bits per heavy atom. The number of rotatable bonds is 5. The van der Waals surface area contributed by atoms with E-state index in [2.05, 4.69) is 20.4 Å². The number of aromatic nitrogens is 1. The maximum atomic E-state index is 14.6. The minimum Gasteiger partial charge on any atom is -0.491 e. The fourth-order valence-electron chi connectivity index (χ4n) is 3.83. The molecule has 2 heterocycles. The standard InChI is InChI=1S/C23H17F4N3O5/c24-15-12-13(7-8-17(15)35-23(25,26)27)22(9-11-34-18-6-3-10-28-19(18)22)30-21(33)29-16-5-2-1-4-14(16)20(31)32/h1-8,10,12H,9,11H2,(H,31,32)(H2,29,30,33)/t22-/m0/s1. The predicted octanol–water partition coefficient (Wildman–Crippen LogP) is 4.67. The topological polar surface area (TPSA) is 110 Å². The van der Waals surface area contributed by atoms with E-state index in [-0.39, 0.29) is 41.3 Å². The van der Waals surface area contributed by atoms with Crippen molar-refractivity contribution in [2.24, 2.45) is 0 Å².